The Bertz CT molecular complexity index is 964. The van der Waals surface area contributed by atoms with Crippen LogP contribution in [-0.4, -0.2) is 79.3 Å². The van der Waals surface area contributed by atoms with Gasteiger partial charge in [-0.3, -0.25) is 9.59 Å². The molecule has 182 valence electrons. The molecule has 0 aliphatic carbocycles. The first-order valence-electron chi connectivity index (χ1n) is 12.1. The zero-order valence-electron chi connectivity index (χ0n) is 19.7. The van der Waals surface area contributed by atoms with Crippen LogP contribution in [0.15, 0.2) is 54.6 Å². The minimum atomic E-state index is -1.06. The third-order valence-electron chi connectivity index (χ3n) is 6.53. The van der Waals surface area contributed by atoms with Gasteiger partial charge in [0.1, 0.15) is 6.04 Å². The normalized spacial score (nSPS) is 20.6. The lowest BCUT2D eigenvalue weighted by Gasteiger charge is -2.38. The summed E-state index contributed by atoms with van der Waals surface area (Å²) in [5.41, 5.74) is 3.20. The van der Waals surface area contributed by atoms with Crippen LogP contribution in [0, 0.1) is 0 Å². The molecule has 8 nitrogen and oxygen atoms in total. The van der Waals surface area contributed by atoms with Gasteiger partial charge < -0.3 is 30.9 Å². The molecule has 4 rings (SSSR count). The number of hydrogen-bond acceptors (Lipinski definition) is 6. The van der Waals surface area contributed by atoms with Crippen LogP contribution >= 0.6 is 0 Å². The minimum Gasteiger partial charge on any atom is -0.389 e. The van der Waals surface area contributed by atoms with Crippen LogP contribution in [0.25, 0.3) is 0 Å². The standard InChI is InChI=1S/C26H35N5O3/c1-19(32)29-23(17-21-8-5-9-22(16-21)30-13-10-27-11-14-30)25(33)24-26(34)31(15-12-28-24)18-20-6-3-2-4-7-20/h2-9,16,23-25,27-28,33H,10-15,17-18H2,1H3,(H,29,32)/t23-,24-,25-/m0/s1. The van der Waals surface area contributed by atoms with Gasteiger partial charge in [-0.15, -0.1) is 0 Å². The maximum absolute atomic E-state index is 13.3. The lowest BCUT2D eigenvalue weighted by atomic mass is 9.94. The fraction of sp³-hybridized carbons (Fsp3) is 0.462. The lowest BCUT2D eigenvalue weighted by Crippen LogP contribution is -2.63. The number of nitrogens with zero attached hydrogens (tertiary/aromatic N) is 2. The zero-order chi connectivity index (χ0) is 23.9. The maximum atomic E-state index is 13.3. The molecule has 0 unspecified atom stereocenters. The Morgan fingerprint density at radius 3 is 2.53 bits per heavy atom. The number of piperazine rings is 2. The van der Waals surface area contributed by atoms with E-state index in [0.717, 1.165) is 43.0 Å². The lowest BCUT2D eigenvalue weighted by molar-refractivity contribution is -0.141. The summed E-state index contributed by atoms with van der Waals surface area (Å²) in [4.78, 5) is 29.3. The van der Waals surface area contributed by atoms with Gasteiger partial charge in [0.2, 0.25) is 11.8 Å². The van der Waals surface area contributed by atoms with Crippen molar-refractivity contribution in [1.82, 2.24) is 20.9 Å². The fourth-order valence-electron chi connectivity index (χ4n) is 4.78. The molecule has 0 saturated carbocycles. The van der Waals surface area contributed by atoms with Crippen molar-refractivity contribution in [1.29, 1.82) is 0 Å². The molecule has 0 bridgehead atoms. The molecule has 8 heteroatoms. The molecule has 34 heavy (non-hydrogen) atoms. The molecule has 3 atom stereocenters. The largest absolute Gasteiger partial charge is 0.389 e. The third kappa shape index (κ3) is 6.14. The first-order valence-corrected chi connectivity index (χ1v) is 12.1. The van der Waals surface area contributed by atoms with Crippen LogP contribution in [-0.2, 0) is 22.6 Å². The quantitative estimate of drug-likeness (QED) is 0.454. The van der Waals surface area contributed by atoms with Crippen LogP contribution in [0.3, 0.4) is 0 Å². The van der Waals surface area contributed by atoms with Crippen LogP contribution in [0.5, 0.6) is 0 Å². The van der Waals surface area contributed by atoms with Crippen molar-refractivity contribution in [3.8, 4) is 0 Å². The van der Waals surface area contributed by atoms with Gasteiger partial charge in [-0.2, -0.15) is 0 Å². The second-order valence-corrected chi connectivity index (χ2v) is 9.09. The van der Waals surface area contributed by atoms with Gasteiger partial charge in [0.15, 0.2) is 0 Å². The summed E-state index contributed by atoms with van der Waals surface area (Å²) in [6, 6.07) is 16.7. The van der Waals surface area contributed by atoms with Gasteiger partial charge in [-0.05, 0) is 29.7 Å². The predicted octanol–water partition coefficient (Wildman–Crippen LogP) is 0.505. The summed E-state index contributed by atoms with van der Waals surface area (Å²) in [6.45, 7) is 6.90. The van der Waals surface area contributed by atoms with E-state index in [0.29, 0.717) is 26.1 Å². The van der Waals surface area contributed by atoms with Crippen LogP contribution in [0.4, 0.5) is 5.69 Å². The Balaban J connectivity index is 1.47. The van der Waals surface area contributed by atoms with Crippen LogP contribution < -0.4 is 20.9 Å². The second-order valence-electron chi connectivity index (χ2n) is 9.09. The SMILES string of the molecule is CC(=O)N[C@@H](Cc1cccc(N2CCNCC2)c1)[C@H](O)[C@@H]1NCCN(Cc2ccccc2)C1=O. The molecule has 2 aromatic carbocycles. The molecule has 4 N–H and O–H groups in total. The van der Waals surface area contributed by atoms with E-state index in [1.54, 1.807) is 4.90 Å². The molecule has 2 fully saturated rings. The van der Waals surface area contributed by atoms with Crippen molar-refractivity contribution in [3.63, 3.8) is 0 Å². The van der Waals surface area contributed by atoms with Crippen molar-refractivity contribution in [2.75, 3.05) is 44.2 Å². The van der Waals surface area contributed by atoms with Crippen LogP contribution in [0.2, 0.25) is 0 Å². The van der Waals surface area contributed by atoms with Crippen molar-refractivity contribution >= 4 is 17.5 Å². The van der Waals surface area contributed by atoms with E-state index < -0.39 is 18.2 Å². The topological polar surface area (TPSA) is 96.9 Å². The van der Waals surface area contributed by atoms with Gasteiger partial charge >= 0.3 is 0 Å². The molecule has 2 amide bonds. The number of aliphatic hydroxyl groups is 1. The number of benzene rings is 2. The maximum Gasteiger partial charge on any atom is 0.242 e. The summed E-state index contributed by atoms with van der Waals surface area (Å²) in [6.07, 6.45) is -0.622. The number of carbonyl (C=O) groups is 2. The van der Waals surface area contributed by atoms with Crippen molar-refractivity contribution in [2.24, 2.45) is 0 Å². The van der Waals surface area contributed by atoms with Gasteiger partial charge in [-0.1, -0.05) is 42.5 Å². The summed E-state index contributed by atoms with van der Waals surface area (Å²) >= 11 is 0. The molecule has 2 aromatic rings. The number of carbonyl (C=O) groups excluding carboxylic acids is 2. The summed E-state index contributed by atoms with van der Waals surface area (Å²) < 4.78 is 0. The van der Waals surface area contributed by atoms with Crippen LogP contribution in [0.1, 0.15) is 18.1 Å². The first-order chi connectivity index (χ1) is 16.5. The molecule has 0 aromatic heterocycles. The predicted molar refractivity (Wildman–Crippen MR) is 132 cm³/mol. The highest BCUT2D eigenvalue weighted by Crippen LogP contribution is 2.20. The minimum absolute atomic E-state index is 0.146. The molecule has 0 spiro atoms. The average Bonchev–Trinajstić information content (AvgIpc) is 2.86. The third-order valence-corrected chi connectivity index (χ3v) is 6.53. The highest BCUT2D eigenvalue weighted by atomic mass is 16.3. The van der Waals surface area contributed by atoms with E-state index in [4.69, 9.17) is 0 Å². The van der Waals surface area contributed by atoms with E-state index in [-0.39, 0.29) is 11.8 Å². The van der Waals surface area contributed by atoms with E-state index in [2.05, 4.69) is 33.0 Å². The van der Waals surface area contributed by atoms with Gasteiger partial charge in [0, 0.05) is 58.4 Å². The van der Waals surface area contributed by atoms with Crippen molar-refractivity contribution in [3.05, 3.63) is 65.7 Å². The smallest absolute Gasteiger partial charge is 0.242 e. The average molecular weight is 466 g/mol. The summed E-state index contributed by atoms with van der Waals surface area (Å²) in [5, 5.41) is 20.7. The Kier molecular flexibility index (Phi) is 8.16. The summed E-state index contributed by atoms with van der Waals surface area (Å²) in [5.74, 6) is -0.376. The zero-order valence-corrected chi connectivity index (χ0v) is 19.7. The first kappa shape index (κ1) is 24.2. The van der Waals surface area contributed by atoms with Crippen molar-refractivity contribution in [2.45, 2.75) is 38.1 Å². The Morgan fingerprint density at radius 1 is 1.06 bits per heavy atom. The highest BCUT2D eigenvalue weighted by molar-refractivity contribution is 5.83. The molecular formula is C26H35N5O3. The number of hydrogen-bond donors (Lipinski definition) is 4. The van der Waals surface area contributed by atoms with E-state index in [1.165, 1.54) is 6.92 Å². The monoisotopic (exact) mass is 465 g/mol. The number of anilines is 1. The van der Waals surface area contributed by atoms with Gasteiger partial charge in [0.25, 0.3) is 0 Å². The Morgan fingerprint density at radius 2 is 1.79 bits per heavy atom. The number of aliphatic hydroxyl groups excluding tert-OH is 1. The van der Waals surface area contributed by atoms with E-state index in [9.17, 15) is 14.7 Å². The molecule has 2 saturated heterocycles. The number of rotatable bonds is 8. The van der Waals surface area contributed by atoms with Gasteiger partial charge in [-0.25, -0.2) is 0 Å². The van der Waals surface area contributed by atoms with E-state index in [1.807, 2.05) is 42.5 Å². The molecule has 0 radical (unpaired) electrons. The molecular weight excluding hydrogens is 430 g/mol. The van der Waals surface area contributed by atoms with E-state index >= 15 is 0 Å². The Labute approximate surface area is 201 Å². The number of nitrogens with one attached hydrogen (secondary N) is 3. The van der Waals surface area contributed by atoms with Crippen molar-refractivity contribution < 1.29 is 14.7 Å². The second kappa shape index (κ2) is 11.5. The molecule has 2 aliphatic rings. The summed E-state index contributed by atoms with van der Waals surface area (Å²) in [7, 11) is 0. The molecule has 2 heterocycles. The number of amides is 2. The van der Waals surface area contributed by atoms with Gasteiger partial charge in [0.05, 0.1) is 12.1 Å². The fourth-order valence-corrected chi connectivity index (χ4v) is 4.78. The Hall–Kier alpha value is -2.94. The molecule has 2 aliphatic heterocycles. The highest BCUT2D eigenvalue weighted by Gasteiger charge is 2.38.